The number of hydrogen-bond acceptors (Lipinski definition) is 6. The molecule has 1 atom stereocenters. The van der Waals surface area contributed by atoms with Gasteiger partial charge >= 0.3 is 0 Å². The third-order valence-electron chi connectivity index (χ3n) is 5.42. The van der Waals surface area contributed by atoms with Gasteiger partial charge in [-0.25, -0.2) is 5.43 Å². The van der Waals surface area contributed by atoms with Gasteiger partial charge in [0.2, 0.25) is 0 Å². The van der Waals surface area contributed by atoms with Crippen molar-refractivity contribution in [2.75, 3.05) is 5.32 Å². The Balaban J connectivity index is 1.44. The van der Waals surface area contributed by atoms with E-state index < -0.39 is 5.25 Å². The van der Waals surface area contributed by atoms with E-state index in [2.05, 4.69) is 73.8 Å². The van der Waals surface area contributed by atoms with Crippen molar-refractivity contribution in [1.82, 2.24) is 20.2 Å². The van der Waals surface area contributed by atoms with E-state index in [0.717, 1.165) is 28.3 Å². The predicted octanol–water partition coefficient (Wildman–Crippen LogP) is 6.09. The maximum atomic E-state index is 12.7. The second kappa shape index (κ2) is 13.2. The van der Waals surface area contributed by atoms with Gasteiger partial charge in [-0.3, -0.25) is 9.36 Å². The van der Waals surface area contributed by atoms with Gasteiger partial charge in [0.05, 0.1) is 11.8 Å². The maximum Gasteiger partial charge on any atom is 0.253 e. The van der Waals surface area contributed by atoms with E-state index in [1.165, 1.54) is 15.3 Å². The summed E-state index contributed by atoms with van der Waals surface area (Å²) in [4.78, 5) is 12.7. The zero-order chi connectivity index (χ0) is 26.0. The van der Waals surface area contributed by atoms with Crippen molar-refractivity contribution in [2.45, 2.75) is 30.8 Å². The standard InChI is InChI=1S/C28H27IN6OS/c1-20-18-23(29)15-16-25(20)30-19-26-32-34-28(35(26)24-13-7-4-8-14-24)37-21(2)27(36)33-31-17-9-12-22-10-5-3-6-11-22/h3-18,21,30H,19H2,1-2H3,(H,33,36). The molecule has 2 N–H and O–H groups in total. The van der Waals surface area contributed by atoms with E-state index in [1.807, 2.05) is 78.2 Å². The van der Waals surface area contributed by atoms with Crippen LogP contribution in [0, 0.1) is 10.5 Å². The number of aryl methyl sites for hydroxylation is 1. The van der Waals surface area contributed by atoms with Crippen LogP contribution in [-0.2, 0) is 11.3 Å². The number of allylic oxidation sites excluding steroid dienone is 1. The molecule has 0 bridgehead atoms. The first-order chi connectivity index (χ1) is 18.0. The Morgan fingerprint density at radius 1 is 1.08 bits per heavy atom. The fraction of sp³-hybridized carbons (Fsp3) is 0.143. The Morgan fingerprint density at radius 3 is 2.54 bits per heavy atom. The molecule has 1 heterocycles. The minimum atomic E-state index is -0.429. The van der Waals surface area contributed by atoms with E-state index in [-0.39, 0.29) is 5.91 Å². The summed E-state index contributed by atoms with van der Waals surface area (Å²) >= 11 is 3.65. The number of carbonyl (C=O) groups excluding carboxylic acids is 1. The molecule has 1 unspecified atom stereocenters. The Kier molecular flexibility index (Phi) is 9.50. The molecule has 0 radical (unpaired) electrons. The van der Waals surface area contributed by atoms with Crippen molar-refractivity contribution in [2.24, 2.45) is 5.10 Å². The van der Waals surface area contributed by atoms with E-state index >= 15 is 0 Å². The topological polar surface area (TPSA) is 84.2 Å². The molecule has 1 aromatic heterocycles. The Labute approximate surface area is 234 Å². The number of benzene rings is 3. The summed E-state index contributed by atoms with van der Waals surface area (Å²) in [6, 6.07) is 26.1. The molecule has 3 aromatic carbocycles. The number of hydrazone groups is 1. The molecule has 0 saturated heterocycles. The highest BCUT2D eigenvalue weighted by atomic mass is 127. The third kappa shape index (κ3) is 7.53. The van der Waals surface area contributed by atoms with Crippen LogP contribution in [0.4, 0.5) is 5.69 Å². The molecule has 4 rings (SSSR count). The quantitative estimate of drug-likeness (QED) is 0.0969. The van der Waals surface area contributed by atoms with E-state index in [1.54, 1.807) is 12.3 Å². The molecule has 37 heavy (non-hydrogen) atoms. The smallest absolute Gasteiger partial charge is 0.253 e. The number of halogens is 1. The minimum absolute atomic E-state index is 0.217. The lowest BCUT2D eigenvalue weighted by Crippen LogP contribution is -2.27. The minimum Gasteiger partial charge on any atom is -0.378 e. The Morgan fingerprint density at radius 2 is 1.81 bits per heavy atom. The summed E-state index contributed by atoms with van der Waals surface area (Å²) < 4.78 is 3.17. The molecule has 0 saturated carbocycles. The van der Waals surface area contributed by atoms with Crippen molar-refractivity contribution in [3.63, 3.8) is 0 Å². The first-order valence-corrected chi connectivity index (χ1v) is 13.7. The van der Waals surface area contributed by atoms with Crippen LogP contribution in [0.1, 0.15) is 23.9 Å². The van der Waals surface area contributed by atoms with Crippen LogP contribution < -0.4 is 10.7 Å². The van der Waals surface area contributed by atoms with Crippen LogP contribution in [0.25, 0.3) is 11.8 Å². The van der Waals surface area contributed by atoms with Gasteiger partial charge in [0.25, 0.3) is 5.91 Å². The fourth-order valence-corrected chi connectivity index (χ4v) is 5.02. The number of nitrogens with one attached hydrogen (secondary N) is 2. The molecule has 0 aliphatic rings. The van der Waals surface area contributed by atoms with Crippen molar-refractivity contribution in [3.8, 4) is 5.69 Å². The largest absolute Gasteiger partial charge is 0.378 e. The molecule has 188 valence electrons. The Bertz CT molecular complexity index is 1390. The van der Waals surface area contributed by atoms with E-state index in [0.29, 0.717) is 11.7 Å². The van der Waals surface area contributed by atoms with Crippen LogP contribution in [0.5, 0.6) is 0 Å². The average molecular weight is 623 g/mol. The second-order valence-corrected chi connectivity index (χ2v) is 10.7. The maximum absolute atomic E-state index is 12.7. The highest BCUT2D eigenvalue weighted by molar-refractivity contribution is 14.1. The lowest BCUT2D eigenvalue weighted by atomic mass is 10.2. The normalized spacial score (nSPS) is 12.2. The van der Waals surface area contributed by atoms with Gasteiger partial charge < -0.3 is 5.32 Å². The van der Waals surface area contributed by atoms with Crippen LogP contribution in [0.3, 0.4) is 0 Å². The predicted molar refractivity (Wildman–Crippen MR) is 160 cm³/mol. The van der Waals surface area contributed by atoms with Gasteiger partial charge in [0, 0.05) is 21.2 Å². The summed E-state index contributed by atoms with van der Waals surface area (Å²) in [6.07, 6.45) is 5.27. The molecular formula is C28H27IN6OS. The number of nitrogens with zero attached hydrogens (tertiary/aromatic N) is 4. The number of rotatable bonds is 10. The van der Waals surface area contributed by atoms with Crippen LogP contribution in [0.15, 0.2) is 95.2 Å². The molecule has 7 nitrogen and oxygen atoms in total. The lowest BCUT2D eigenvalue weighted by Gasteiger charge is -2.14. The summed E-state index contributed by atoms with van der Waals surface area (Å²) in [5.74, 6) is 0.537. The highest BCUT2D eigenvalue weighted by Gasteiger charge is 2.21. The van der Waals surface area contributed by atoms with Crippen molar-refractivity contribution in [1.29, 1.82) is 0 Å². The molecular weight excluding hydrogens is 595 g/mol. The van der Waals surface area contributed by atoms with Crippen molar-refractivity contribution < 1.29 is 4.79 Å². The molecule has 9 heteroatoms. The zero-order valence-electron chi connectivity index (χ0n) is 20.5. The highest BCUT2D eigenvalue weighted by Crippen LogP contribution is 2.26. The monoisotopic (exact) mass is 622 g/mol. The van der Waals surface area contributed by atoms with Gasteiger partial charge in [-0.2, -0.15) is 5.10 Å². The molecule has 1 amide bonds. The van der Waals surface area contributed by atoms with Gasteiger partial charge in [-0.1, -0.05) is 66.4 Å². The second-order valence-electron chi connectivity index (χ2n) is 8.17. The molecule has 0 fully saturated rings. The number of aromatic nitrogens is 3. The zero-order valence-corrected chi connectivity index (χ0v) is 23.5. The number of thioether (sulfide) groups is 1. The van der Waals surface area contributed by atoms with Crippen LogP contribution in [-0.4, -0.2) is 32.1 Å². The van der Waals surface area contributed by atoms with Gasteiger partial charge in [-0.05, 0) is 84.0 Å². The SMILES string of the molecule is Cc1cc(I)ccc1NCc1nnc(SC(C)C(=O)NN=CC=Cc2ccccc2)n1-c1ccccc1. The van der Waals surface area contributed by atoms with Crippen molar-refractivity contribution in [3.05, 3.63) is 105 Å². The first-order valence-electron chi connectivity index (χ1n) is 11.7. The number of amides is 1. The van der Waals surface area contributed by atoms with Gasteiger partial charge in [0.1, 0.15) is 0 Å². The molecule has 0 spiro atoms. The Hall–Kier alpha value is -3.44. The fourth-order valence-electron chi connectivity index (χ4n) is 3.49. The molecule has 0 aliphatic carbocycles. The number of anilines is 1. The van der Waals surface area contributed by atoms with E-state index in [9.17, 15) is 4.79 Å². The number of hydrogen-bond donors (Lipinski definition) is 2. The number of para-hydroxylation sites is 1. The third-order valence-corrected chi connectivity index (χ3v) is 7.13. The summed E-state index contributed by atoms with van der Waals surface area (Å²) in [6.45, 7) is 4.39. The van der Waals surface area contributed by atoms with Gasteiger partial charge in [0.15, 0.2) is 11.0 Å². The number of carbonyl (C=O) groups is 1. The summed E-state index contributed by atoms with van der Waals surface area (Å²) in [7, 11) is 0. The van der Waals surface area contributed by atoms with Crippen LogP contribution in [0.2, 0.25) is 0 Å². The average Bonchev–Trinajstić information content (AvgIpc) is 3.31. The molecule has 4 aromatic rings. The first kappa shape index (κ1) is 26.6. The summed E-state index contributed by atoms with van der Waals surface area (Å²) in [5, 5.41) is 16.6. The molecule has 0 aliphatic heterocycles. The lowest BCUT2D eigenvalue weighted by molar-refractivity contribution is -0.120. The van der Waals surface area contributed by atoms with Gasteiger partial charge in [-0.15, -0.1) is 10.2 Å². The van der Waals surface area contributed by atoms with Crippen molar-refractivity contribution >= 4 is 58.2 Å². The van der Waals surface area contributed by atoms with E-state index in [4.69, 9.17) is 0 Å². The summed E-state index contributed by atoms with van der Waals surface area (Å²) in [5.41, 5.74) is 6.80. The van der Waals surface area contributed by atoms with Crippen LogP contribution >= 0.6 is 34.4 Å².